The van der Waals surface area contributed by atoms with Crippen LogP contribution in [0.4, 0.5) is 5.69 Å². The normalized spacial score (nSPS) is 12.4. The molecule has 7 nitrogen and oxygen atoms in total. The van der Waals surface area contributed by atoms with Gasteiger partial charge in [0.2, 0.25) is 21.8 Å². The molecule has 0 aliphatic rings. The van der Waals surface area contributed by atoms with Crippen molar-refractivity contribution in [3.63, 3.8) is 0 Å². The van der Waals surface area contributed by atoms with E-state index in [9.17, 15) is 18.0 Å². The lowest BCUT2D eigenvalue weighted by Crippen LogP contribution is -2.51. The Morgan fingerprint density at radius 1 is 0.941 bits per heavy atom. The van der Waals surface area contributed by atoms with Crippen molar-refractivity contribution in [1.82, 2.24) is 10.2 Å². The van der Waals surface area contributed by atoms with Crippen molar-refractivity contribution in [2.75, 3.05) is 23.7 Å². The summed E-state index contributed by atoms with van der Waals surface area (Å²) in [5.41, 5.74) is 4.07. The van der Waals surface area contributed by atoms with Gasteiger partial charge in [-0.3, -0.25) is 13.9 Å². The lowest BCUT2D eigenvalue weighted by molar-refractivity contribution is -0.139. The zero-order valence-electron chi connectivity index (χ0n) is 21.3. The molecule has 0 bridgehead atoms. The standard InChI is InChI=1S/C26H37N3O4S/c1-18(2)15-27-26(31)22(6)28(16-23-13-9-8-11-20(23)4)25(30)17-29(34(7,32)33)24-14-10-12-19(3)21(24)5/h8-14,18,22H,15-17H2,1-7H3,(H,27,31)/t22-/m1/s1. The number of hydrogen-bond acceptors (Lipinski definition) is 4. The first-order chi connectivity index (χ1) is 15.8. The summed E-state index contributed by atoms with van der Waals surface area (Å²) >= 11 is 0. The number of aryl methyl sites for hydroxylation is 2. The number of rotatable bonds is 10. The van der Waals surface area contributed by atoms with E-state index in [0.29, 0.717) is 12.2 Å². The predicted molar refractivity (Wildman–Crippen MR) is 137 cm³/mol. The van der Waals surface area contributed by atoms with Gasteiger partial charge in [0.15, 0.2) is 0 Å². The molecule has 0 heterocycles. The Morgan fingerprint density at radius 3 is 2.15 bits per heavy atom. The third-order valence-electron chi connectivity index (χ3n) is 5.98. The molecule has 0 spiro atoms. The molecule has 2 rings (SSSR count). The van der Waals surface area contributed by atoms with E-state index in [1.807, 2.05) is 65.0 Å². The van der Waals surface area contributed by atoms with Gasteiger partial charge in [-0.05, 0) is 61.9 Å². The van der Waals surface area contributed by atoms with E-state index >= 15 is 0 Å². The summed E-state index contributed by atoms with van der Waals surface area (Å²) in [4.78, 5) is 28.0. The van der Waals surface area contributed by atoms with Crippen LogP contribution in [-0.4, -0.2) is 50.5 Å². The molecule has 0 aromatic heterocycles. The van der Waals surface area contributed by atoms with Crippen molar-refractivity contribution < 1.29 is 18.0 Å². The predicted octanol–water partition coefficient (Wildman–Crippen LogP) is 3.57. The Hall–Kier alpha value is -2.87. The zero-order chi connectivity index (χ0) is 25.6. The quantitative estimate of drug-likeness (QED) is 0.555. The number of carbonyl (C=O) groups excluding carboxylic acids is 2. The summed E-state index contributed by atoms with van der Waals surface area (Å²) < 4.78 is 26.6. The van der Waals surface area contributed by atoms with Gasteiger partial charge in [0, 0.05) is 13.1 Å². The molecule has 0 unspecified atom stereocenters. The third-order valence-corrected chi connectivity index (χ3v) is 7.10. The van der Waals surface area contributed by atoms with E-state index < -0.39 is 28.5 Å². The molecule has 0 aliphatic carbocycles. The minimum atomic E-state index is -3.75. The van der Waals surface area contributed by atoms with Crippen LogP contribution in [0.3, 0.4) is 0 Å². The van der Waals surface area contributed by atoms with Gasteiger partial charge in [-0.1, -0.05) is 50.2 Å². The van der Waals surface area contributed by atoms with Crippen LogP contribution in [0.2, 0.25) is 0 Å². The fraction of sp³-hybridized carbons (Fsp3) is 0.462. The molecule has 1 atom stereocenters. The van der Waals surface area contributed by atoms with Gasteiger partial charge in [-0.15, -0.1) is 0 Å². The van der Waals surface area contributed by atoms with Crippen LogP contribution in [0, 0.1) is 26.7 Å². The fourth-order valence-corrected chi connectivity index (χ4v) is 4.51. The van der Waals surface area contributed by atoms with Crippen LogP contribution in [0.15, 0.2) is 42.5 Å². The van der Waals surface area contributed by atoms with Crippen LogP contribution in [0.5, 0.6) is 0 Å². The second kappa shape index (κ2) is 11.5. The molecule has 0 fully saturated rings. The van der Waals surface area contributed by atoms with Crippen molar-refractivity contribution in [2.45, 2.75) is 54.1 Å². The van der Waals surface area contributed by atoms with Crippen LogP contribution < -0.4 is 9.62 Å². The summed E-state index contributed by atoms with van der Waals surface area (Å²) in [5, 5.41) is 2.88. The average Bonchev–Trinajstić information content (AvgIpc) is 2.76. The van der Waals surface area contributed by atoms with Gasteiger partial charge in [0.05, 0.1) is 11.9 Å². The van der Waals surface area contributed by atoms with Gasteiger partial charge in [0.25, 0.3) is 0 Å². The lowest BCUT2D eigenvalue weighted by Gasteiger charge is -2.32. The molecular weight excluding hydrogens is 450 g/mol. The molecule has 34 heavy (non-hydrogen) atoms. The van der Waals surface area contributed by atoms with Gasteiger partial charge >= 0.3 is 0 Å². The maximum atomic E-state index is 13.6. The molecule has 186 valence electrons. The Balaban J connectivity index is 2.43. The Bertz CT molecular complexity index is 1130. The van der Waals surface area contributed by atoms with E-state index in [1.54, 1.807) is 19.1 Å². The van der Waals surface area contributed by atoms with Gasteiger partial charge in [-0.2, -0.15) is 0 Å². The Labute approximate surface area is 204 Å². The highest BCUT2D eigenvalue weighted by atomic mass is 32.2. The first-order valence-electron chi connectivity index (χ1n) is 11.5. The summed E-state index contributed by atoms with van der Waals surface area (Å²) in [6.45, 7) is 11.6. The number of anilines is 1. The molecule has 0 saturated heterocycles. The molecule has 2 amide bonds. The van der Waals surface area contributed by atoms with Gasteiger partial charge in [-0.25, -0.2) is 8.42 Å². The second-order valence-electron chi connectivity index (χ2n) is 9.25. The minimum absolute atomic E-state index is 0.201. The summed E-state index contributed by atoms with van der Waals surface area (Å²) in [5.74, 6) is -0.447. The molecule has 0 aliphatic heterocycles. The van der Waals surface area contributed by atoms with E-state index in [2.05, 4.69) is 5.32 Å². The monoisotopic (exact) mass is 487 g/mol. The van der Waals surface area contributed by atoms with Crippen LogP contribution >= 0.6 is 0 Å². The minimum Gasteiger partial charge on any atom is -0.354 e. The van der Waals surface area contributed by atoms with Crippen LogP contribution in [0.25, 0.3) is 0 Å². The molecule has 0 radical (unpaired) electrons. The topological polar surface area (TPSA) is 86.8 Å². The highest BCUT2D eigenvalue weighted by Crippen LogP contribution is 2.25. The summed E-state index contributed by atoms with van der Waals surface area (Å²) in [6, 6.07) is 12.2. The van der Waals surface area contributed by atoms with Crippen molar-refractivity contribution in [3.05, 3.63) is 64.7 Å². The summed E-state index contributed by atoms with van der Waals surface area (Å²) in [6.07, 6.45) is 1.09. The Kier molecular flexibility index (Phi) is 9.27. The van der Waals surface area contributed by atoms with Gasteiger partial charge in [0.1, 0.15) is 12.6 Å². The zero-order valence-corrected chi connectivity index (χ0v) is 22.1. The maximum Gasteiger partial charge on any atom is 0.244 e. The molecule has 2 aromatic rings. The number of amides is 2. The van der Waals surface area contributed by atoms with Crippen molar-refractivity contribution in [2.24, 2.45) is 5.92 Å². The van der Waals surface area contributed by atoms with Crippen LogP contribution in [0.1, 0.15) is 43.0 Å². The van der Waals surface area contributed by atoms with Crippen molar-refractivity contribution in [1.29, 1.82) is 0 Å². The average molecular weight is 488 g/mol. The molecule has 0 saturated carbocycles. The number of nitrogens with one attached hydrogen (secondary N) is 1. The van der Waals surface area contributed by atoms with E-state index in [0.717, 1.165) is 32.8 Å². The third kappa shape index (κ3) is 7.06. The molecule has 1 N–H and O–H groups in total. The smallest absolute Gasteiger partial charge is 0.244 e. The highest BCUT2D eigenvalue weighted by molar-refractivity contribution is 7.92. The molecule has 8 heteroatoms. The SMILES string of the molecule is Cc1ccccc1CN(C(=O)CN(c1cccc(C)c1C)S(C)(=O)=O)[C@H](C)C(=O)NCC(C)C. The number of nitrogens with zero attached hydrogens (tertiary/aromatic N) is 2. The van der Waals surface area contributed by atoms with Gasteiger partial charge < -0.3 is 10.2 Å². The number of hydrogen-bond donors (Lipinski definition) is 1. The van der Waals surface area contributed by atoms with E-state index in [1.165, 1.54) is 4.90 Å². The lowest BCUT2D eigenvalue weighted by atomic mass is 10.1. The second-order valence-corrected chi connectivity index (χ2v) is 11.2. The van der Waals surface area contributed by atoms with E-state index in [-0.39, 0.29) is 18.4 Å². The maximum absolute atomic E-state index is 13.6. The first kappa shape index (κ1) is 27.4. The molecule has 2 aromatic carbocycles. The largest absolute Gasteiger partial charge is 0.354 e. The van der Waals surface area contributed by atoms with Crippen molar-refractivity contribution >= 4 is 27.5 Å². The number of sulfonamides is 1. The first-order valence-corrected chi connectivity index (χ1v) is 13.3. The van der Waals surface area contributed by atoms with Crippen LogP contribution in [-0.2, 0) is 26.2 Å². The van der Waals surface area contributed by atoms with Crippen molar-refractivity contribution in [3.8, 4) is 0 Å². The highest BCUT2D eigenvalue weighted by Gasteiger charge is 2.30. The number of carbonyl (C=O) groups is 2. The fourth-order valence-electron chi connectivity index (χ4n) is 3.61. The Morgan fingerprint density at radius 2 is 1.56 bits per heavy atom. The summed E-state index contributed by atoms with van der Waals surface area (Å²) in [7, 11) is -3.75. The molecular formula is C26H37N3O4S. The number of benzene rings is 2. The van der Waals surface area contributed by atoms with E-state index in [4.69, 9.17) is 0 Å².